The lowest BCUT2D eigenvalue weighted by molar-refractivity contribution is 0.195. The standard InChI is InChI=1S/C22H22N2O2S/c1-26-18-8-6-7-16(13-18)23-14-17(25)15-24-19-9-2-4-11-21(19)27-22-12-5-3-10-20(22)24/h2-13,17,23,25H,14-15H2,1H3. The number of nitrogens with zero attached hydrogens (tertiary/aromatic N) is 1. The first-order valence-electron chi connectivity index (χ1n) is 8.94. The number of aliphatic hydroxyl groups excluding tert-OH is 1. The van der Waals surface area contributed by atoms with Gasteiger partial charge in [0.2, 0.25) is 0 Å². The topological polar surface area (TPSA) is 44.7 Å². The van der Waals surface area contributed by atoms with Gasteiger partial charge in [0.1, 0.15) is 5.75 Å². The Morgan fingerprint density at radius 2 is 1.63 bits per heavy atom. The van der Waals surface area contributed by atoms with Crippen LogP contribution in [0.3, 0.4) is 0 Å². The molecular weight excluding hydrogens is 356 g/mol. The molecule has 0 saturated heterocycles. The minimum atomic E-state index is -0.527. The summed E-state index contributed by atoms with van der Waals surface area (Å²) in [6.45, 7) is 0.979. The Morgan fingerprint density at radius 1 is 0.963 bits per heavy atom. The van der Waals surface area contributed by atoms with Crippen molar-refractivity contribution >= 4 is 28.8 Å². The molecule has 0 spiro atoms. The molecule has 3 aromatic rings. The molecule has 0 radical (unpaired) electrons. The fourth-order valence-corrected chi connectivity index (χ4v) is 4.32. The number of para-hydroxylation sites is 2. The number of hydrogen-bond acceptors (Lipinski definition) is 5. The molecule has 1 aliphatic heterocycles. The van der Waals surface area contributed by atoms with Crippen molar-refractivity contribution in [3.05, 3.63) is 72.8 Å². The highest BCUT2D eigenvalue weighted by Crippen LogP contribution is 2.47. The molecule has 1 aliphatic rings. The molecule has 0 aromatic heterocycles. The van der Waals surface area contributed by atoms with Crippen LogP contribution in [0.4, 0.5) is 17.1 Å². The van der Waals surface area contributed by atoms with Gasteiger partial charge >= 0.3 is 0 Å². The van der Waals surface area contributed by atoms with Crippen LogP contribution in [0.2, 0.25) is 0 Å². The summed E-state index contributed by atoms with van der Waals surface area (Å²) in [7, 11) is 1.65. The number of fused-ring (bicyclic) bond motifs is 2. The fourth-order valence-electron chi connectivity index (χ4n) is 3.22. The number of rotatable bonds is 6. The second-order valence-corrected chi connectivity index (χ2v) is 7.50. The van der Waals surface area contributed by atoms with Crippen LogP contribution in [0.1, 0.15) is 0 Å². The van der Waals surface area contributed by atoms with E-state index in [9.17, 15) is 5.11 Å². The Morgan fingerprint density at radius 3 is 2.30 bits per heavy atom. The van der Waals surface area contributed by atoms with E-state index in [-0.39, 0.29) is 0 Å². The van der Waals surface area contributed by atoms with Crippen molar-refractivity contribution in [1.82, 2.24) is 0 Å². The first kappa shape index (κ1) is 17.8. The van der Waals surface area contributed by atoms with Gasteiger partial charge in [-0.2, -0.15) is 0 Å². The van der Waals surface area contributed by atoms with Crippen LogP contribution in [-0.2, 0) is 0 Å². The van der Waals surface area contributed by atoms with Crippen LogP contribution in [0.15, 0.2) is 82.6 Å². The highest BCUT2D eigenvalue weighted by molar-refractivity contribution is 7.99. The molecule has 1 heterocycles. The number of β-amino-alcohol motifs (C(OH)–C–C–N with tert-alkyl or cyclic N) is 1. The predicted molar refractivity (Wildman–Crippen MR) is 112 cm³/mol. The number of anilines is 3. The van der Waals surface area contributed by atoms with Crippen molar-refractivity contribution in [3.63, 3.8) is 0 Å². The number of ether oxygens (including phenoxy) is 1. The maximum absolute atomic E-state index is 10.7. The molecule has 0 amide bonds. The Kier molecular flexibility index (Phi) is 5.23. The molecule has 2 N–H and O–H groups in total. The van der Waals surface area contributed by atoms with E-state index >= 15 is 0 Å². The Bertz CT molecular complexity index is 886. The van der Waals surface area contributed by atoms with Crippen LogP contribution >= 0.6 is 11.8 Å². The number of benzene rings is 3. The zero-order valence-corrected chi connectivity index (χ0v) is 15.9. The lowest BCUT2D eigenvalue weighted by Gasteiger charge is -2.34. The molecule has 4 nitrogen and oxygen atoms in total. The van der Waals surface area contributed by atoms with Crippen molar-refractivity contribution in [2.45, 2.75) is 15.9 Å². The average molecular weight is 378 g/mol. The van der Waals surface area contributed by atoms with Gasteiger partial charge in [0.25, 0.3) is 0 Å². The monoisotopic (exact) mass is 378 g/mol. The fraction of sp³-hybridized carbons (Fsp3) is 0.182. The van der Waals surface area contributed by atoms with E-state index < -0.39 is 6.10 Å². The van der Waals surface area contributed by atoms with E-state index in [0.29, 0.717) is 13.1 Å². The van der Waals surface area contributed by atoms with Gasteiger partial charge in [-0.1, -0.05) is 42.1 Å². The van der Waals surface area contributed by atoms with Crippen LogP contribution in [0, 0.1) is 0 Å². The van der Waals surface area contributed by atoms with Crippen LogP contribution in [-0.4, -0.2) is 31.4 Å². The minimum absolute atomic E-state index is 0.459. The van der Waals surface area contributed by atoms with Crippen LogP contribution < -0.4 is 15.0 Å². The van der Waals surface area contributed by atoms with Gasteiger partial charge in [-0.05, 0) is 36.4 Å². The van der Waals surface area contributed by atoms with Crippen molar-refractivity contribution < 1.29 is 9.84 Å². The van der Waals surface area contributed by atoms with Gasteiger partial charge < -0.3 is 20.1 Å². The van der Waals surface area contributed by atoms with E-state index in [2.05, 4.69) is 46.6 Å². The average Bonchev–Trinajstić information content (AvgIpc) is 2.72. The van der Waals surface area contributed by atoms with Crippen molar-refractivity contribution in [2.75, 3.05) is 30.4 Å². The summed E-state index contributed by atoms with van der Waals surface area (Å²) in [5.41, 5.74) is 3.21. The highest BCUT2D eigenvalue weighted by Gasteiger charge is 2.24. The largest absolute Gasteiger partial charge is 0.497 e. The Balaban J connectivity index is 1.50. The molecule has 4 rings (SSSR count). The minimum Gasteiger partial charge on any atom is -0.497 e. The van der Waals surface area contributed by atoms with E-state index in [1.165, 1.54) is 9.79 Å². The lowest BCUT2D eigenvalue weighted by Crippen LogP contribution is -2.34. The number of methoxy groups -OCH3 is 1. The molecule has 0 bridgehead atoms. The molecule has 1 unspecified atom stereocenters. The van der Waals surface area contributed by atoms with Crippen LogP contribution in [0.25, 0.3) is 0 Å². The summed E-state index contributed by atoms with van der Waals surface area (Å²) in [6, 6.07) is 24.4. The highest BCUT2D eigenvalue weighted by atomic mass is 32.2. The van der Waals surface area contributed by atoms with E-state index in [4.69, 9.17) is 4.74 Å². The number of nitrogens with one attached hydrogen (secondary N) is 1. The van der Waals surface area contributed by atoms with Crippen molar-refractivity contribution in [2.24, 2.45) is 0 Å². The molecule has 1 atom stereocenters. The summed E-state index contributed by atoms with van der Waals surface area (Å²) < 4.78 is 5.25. The number of hydrogen-bond donors (Lipinski definition) is 2. The Labute approximate surface area is 163 Å². The molecule has 138 valence electrons. The van der Waals surface area contributed by atoms with E-state index in [1.54, 1.807) is 18.9 Å². The summed E-state index contributed by atoms with van der Waals surface area (Å²) in [5, 5.41) is 14.0. The van der Waals surface area contributed by atoms with Gasteiger partial charge in [0.05, 0.1) is 31.1 Å². The first-order valence-corrected chi connectivity index (χ1v) is 9.75. The summed E-state index contributed by atoms with van der Waals surface area (Å²) >= 11 is 1.77. The SMILES string of the molecule is COc1cccc(NCC(O)CN2c3ccccc3Sc3ccccc32)c1. The zero-order chi connectivity index (χ0) is 18.6. The molecule has 5 heteroatoms. The molecular formula is C22H22N2O2S. The molecule has 27 heavy (non-hydrogen) atoms. The van der Waals surface area contributed by atoms with Crippen molar-refractivity contribution in [3.8, 4) is 5.75 Å². The maximum Gasteiger partial charge on any atom is 0.120 e. The second-order valence-electron chi connectivity index (χ2n) is 6.41. The third kappa shape index (κ3) is 3.89. The third-order valence-electron chi connectivity index (χ3n) is 4.54. The summed E-state index contributed by atoms with van der Waals surface area (Å²) in [4.78, 5) is 4.63. The summed E-state index contributed by atoms with van der Waals surface area (Å²) in [6.07, 6.45) is -0.527. The molecule has 0 aliphatic carbocycles. The molecule has 0 fully saturated rings. The smallest absolute Gasteiger partial charge is 0.120 e. The summed E-state index contributed by atoms with van der Waals surface area (Å²) in [5.74, 6) is 0.797. The van der Waals surface area contributed by atoms with Gasteiger partial charge in [-0.25, -0.2) is 0 Å². The van der Waals surface area contributed by atoms with Crippen molar-refractivity contribution in [1.29, 1.82) is 0 Å². The van der Waals surface area contributed by atoms with Gasteiger partial charge in [-0.15, -0.1) is 0 Å². The maximum atomic E-state index is 10.7. The second kappa shape index (κ2) is 7.94. The normalized spacial score (nSPS) is 13.5. The van der Waals surface area contributed by atoms with Crippen LogP contribution in [0.5, 0.6) is 5.75 Å². The Hall–Kier alpha value is -2.63. The van der Waals surface area contributed by atoms with Gasteiger partial charge in [0.15, 0.2) is 0 Å². The number of aliphatic hydroxyl groups is 1. The van der Waals surface area contributed by atoms with E-state index in [1.807, 2.05) is 36.4 Å². The zero-order valence-electron chi connectivity index (χ0n) is 15.1. The predicted octanol–water partition coefficient (Wildman–Crippen LogP) is 4.77. The molecule has 0 saturated carbocycles. The quantitative estimate of drug-likeness (QED) is 0.647. The first-order chi connectivity index (χ1) is 13.2. The molecule has 3 aromatic carbocycles. The van der Waals surface area contributed by atoms with Gasteiger partial charge in [-0.3, -0.25) is 0 Å². The van der Waals surface area contributed by atoms with Gasteiger partial charge in [0, 0.05) is 28.1 Å². The third-order valence-corrected chi connectivity index (χ3v) is 5.67. The van der Waals surface area contributed by atoms with E-state index in [0.717, 1.165) is 22.8 Å². The lowest BCUT2D eigenvalue weighted by atomic mass is 10.2.